The van der Waals surface area contributed by atoms with Crippen LogP contribution in [0.2, 0.25) is 0 Å². The van der Waals surface area contributed by atoms with Crippen molar-refractivity contribution in [3.63, 3.8) is 0 Å². The molecule has 0 atom stereocenters. The van der Waals surface area contributed by atoms with Crippen molar-refractivity contribution >= 4 is 11.9 Å². The van der Waals surface area contributed by atoms with Crippen molar-refractivity contribution in [3.05, 3.63) is 17.7 Å². The average Bonchev–Trinajstić information content (AvgIpc) is 2.43. The van der Waals surface area contributed by atoms with Crippen LogP contribution in [-0.2, 0) is 18.4 Å². The number of amides is 1. The van der Waals surface area contributed by atoms with Crippen LogP contribution in [0.1, 0.15) is 23.2 Å². The number of aromatic nitrogens is 2. The molecule has 1 amide bonds. The van der Waals surface area contributed by atoms with Crippen LogP contribution in [0.15, 0.2) is 6.20 Å². The maximum atomic E-state index is 10.6. The number of nitrogens with zero attached hydrogens (tertiary/aromatic N) is 2. The largest absolute Gasteiger partial charge is 0.477 e. The van der Waals surface area contributed by atoms with Gasteiger partial charge >= 0.3 is 5.97 Å². The van der Waals surface area contributed by atoms with Crippen molar-refractivity contribution in [1.29, 1.82) is 0 Å². The number of carbonyl (C=O) groups is 2. The molecular weight excluding hydrogens is 186 g/mol. The second-order valence-electron chi connectivity index (χ2n) is 2.83. The SMILES string of the molecule is CC(=O)NCc1ncc(C(=O)O)n1C. The lowest BCUT2D eigenvalue weighted by Crippen LogP contribution is -2.21. The van der Waals surface area contributed by atoms with Crippen molar-refractivity contribution in [2.75, 3.05) is 0 Å². The number of carbonyl (C=O) groups excluding carboxylic acids is 1. The molecule has 1 heterocycles. The average molecular weight is 197 g/mol. The molecule has 0 unspecified atom stereocenters. The number of hydrogen-bond acceptors (Lipinski definition) is 3. The second-order valence-corrected chi connectivity index (χ2v) is 2.83. The van der Waals surface area contributed by atoms with Gasteiger partial charge in [0.25, 0.3) is 0 Å². The topological polar surface area (TPSA) is 84.2 Å². The highest BCUT2D eigenvalue weighted by molar-refractivity contribution is 5.85. The summed E-state index contributed by atoms with van der Waals surface area (Å²) in [7, 11) is 1.59. The molecule has 0 radical (unpaired) electrons. The Morgan fingerprint density at radius 2 is 2.29 bits per heavy atom. The first-order chi connectivity index (χ1) is 6.52. The Hall–Kier alpha value is -1.85. The van der Waals surface area contributed by atoms with Gasteiger partial charge in [-0.25, -0.2) is 9.78 Å². The van der Waals surface area contributed by atoms with Crippen molar-refractivity contribution in [3.8, 4) is 0 Å². The number of carboxylic acids is 1. The molecular formula is C8H11N3O3. The minimum absolute atomic E-state index is 0.102. The van der Waals surface area contributed by atoms with Crippen LogP contribution in [0.3, 0.4) is 0 Å². The Kier molecular flexibility index (Phi) is 2.85. The second kappa shape index (κ2) is 3.91. The van der Waals surface area contributed by atoms with Gasteiger partial charge < -0.3 is 15.0 Å². The summed E-state index contributed by atoms with van der Waals surface area (Å²) in [4.78, 5) is 25.1. The molecule has 0 aromatic carbocycles. The number of hydrogen-bond donors (Lipinski definition) is 2. The first-order valence-corrected chi connectivity index (χ1v) is 4.00. The van der Waals surface area contributed by atoms with Gasteiger partial charge in [-0.2, -0.15) is 0 Å². The molecule has 0 aliphatic rings. The van der Waals surface area contributed by atoms with E-state index < -0.39 is 5.97 Å². The zero-order valence-electron chi connectivity index (χ0n) is 7.94. The van der Waals surface area contributed by atoms with E-state index in [-0.39, 0.29) is 18.1 Å². The van der Waals surface area contributed by atoms with E-state index in [9.17, 15) is 9.59 Å². The van der Waals surface area contributed by atoms with Gasteiger partial charge in [-0.3, -0.25) is 4.79 Å². The Morgan fingerprint density at radius 1 is 1.64 bits per heavy atom. The molecule has 1 aromatic heterocycles. The Morgan fingerprint density at radius 3 is 2.71 bits per heavy atom. The number of nitrogens with one attached hydrogen (secondary N) is 1. The quantitative estimate of drug-likeness (QED) is 0.700. The highest BCUT2D eigenvalue weighted by Gasteiger charge is 2.11. The molecule has 0 saturated carbocycles. The number of carboxylic acid groups (broad SMARTS) is 1. The molecule has 2 N–H and O–H groups in total. The van der Waals surface area contributed by atoms with Crippen LogP contribution in [-0.4, -0.2) is 26.5 Å². The molecule has 0 spiro atoms. The molecule has 0 aliphatic carbocycles. The summed E-state index contributed by atoms with van der Waals surface area (Å²) in [5.74, 6) is -0.698. The molecule has 1 rings (SSSR count). The summed E-state index contributed by atoms with van der Waals surface area (Å²) in [6.07, 6.45) is 1.26. The zero-order valence-corrected chi connectivity index (χ0v) is 7.94. The van der Waals surface area contributed by atoms with E-state index in [2.05, 4.69) is 10.3 Å². The number of imidazole rings is 1. The third kappa shape index (κ3) is 2.09. The van der Waals surface area contributed by atoms with Gasteiger partial charge in [0.2, 0.25) is 5.91 Å². The maximum Gasteiger partial charge on any atom is 0.354 e. The number of rotatable bonds is 3. The lowest BCUT2D eigenvalue weighted by Gasteiger charge is -2.03. The summed E-state index contributed by atoms with van der Waals surface area (Å²) in [5.41, 5.74) is 0.102. The van der Waals surface area contributed by atoms with Crippen molar-refractivity contribution in [2.24, 2.45) is 7.05 Å². The Labute approximate surface area is 80.6 Å². The first-order valence-electron chi connectivity index (χ1n) is 4.00. The van der Waals surface area contributed by atoms with Gasteiger partial charge in [-0.1, -0.05) is 0 Å². The summed E-state index contributed by atoms with van der Waals surface area (Å²) in [6.45, 7) is 1.63. The van der Waals surface area contributed by atoms with Crippen LogP contribution in [0, 0.1) is 0 Å². The molecule has 0 aliphatic heterocycles. The van der Waals surface area contributed by atoms with Crippen molar-refractivity contribution in [2.45, 2.75) is 13.5 Å². The summed E-state index contributed by atoms with van der Waals surface area (Å²) in [5, 5.41) is 11.2. The third-order valence-corrected chi connectivity index (χ3v) is 1.80. The summed E-state index contributed by atoms with van der Waals surface area (Å²) >= 11 is 0. The van der Waals surface area contributed by atoms with Crippen molar-refractivity contribution < 1.29 is 14.7 Å². The summed E-state index contributed by atoms with van der Waals surface area (Å²) in [6, 6.07) is 0. The molecule has 14 heavy (non-hydrogen) atoms. The molecule has 6 nitrogen and oxygen atoms in total. The van der Waals surface area contributed by atoms with E-state index in [0.717, 1.165) is 0 Å². The van der Waals surface area contributed by atoms with Crippen LogP contribution in [0.4, 0.5) is 0 Å². The van der Waals surface area contributed by atoms with E-state index in [0.29, 0.717) is 5.82 Å². The van der Waals surface area contributed by atoms with Crippen LogP contribution >= 0.6 is 0 Å². The van der Waals surface area contributed by atoms with Gasteiger partial charge in [-0.05, 0) is 0 Å². The normalized spacial score (nSPS) is 9.86. The fourth-order valence-electron chi connectivity index (χ4n) is 1.01. The third-order valence-electron chi connectivity index (χ3n) is 1.80. The van der Waals surface area contributed by atoms with Gasteiger partial charge in [0.05, 0.1) is 12.7 Å². The fraction of sp³-hybridized carbons (Fsp3) is 0.375. The maximum absolute atomic E-state index is 10.6. The van der Waals surface area contributed by atoms with E-state index in [4.69, 9.17) is 5.11 Å². The highest BCUT2D eigenvalue weighted by Crippen LogP contribution is 2.02. The minimum atomic E-state index is -1.03. The van der Waals surface area contributed by atoms with Crippen LogP contribution in [0.25, 0.3) is 0 Å². The highest BCUT2D eigenvalue weighted by atomic mass is 16.4. The van der Waals surface area contributed by atoms with E-state index in [1.54, 1.807) is 7.05 Å². The molecule has 6 heteroatoms. The monoisotopic (exact) mass is 197 g/mol. The zero-order chi connectivity index (χ0) is 10.7. The van der Waals surface area contributed by atoms with Crippen LogP contribution < -0.4 is 5.32 Å². The predicted molar refractivity (Wildman–Crippen MR) is 47.7 cm³/mol. The first kappa shape index (κ1) is 10.2. The molecule has 0 bridgehead atoms. The molecule has 0 saturated heterocycles. The van der Waals surface area contributed by atoms with Crippen LogP contribution in [0.5, 0.6) is 0 Å². The lowest BCUT2D eigenvalue weighted by atomic mass is 10.5. The van der Waals surface area contributed by atoms with Gasteiger partial charge in [-0.15, -0.1) is 0 Å². The van der Waals surface area contributed by atoms with Crippen molar-refractivity contribution in [1.82, 2.24) is 14.9 Å². The van der Waals surface area contributed by atoms with E-state index >= 15 is 0 Å². The Bertz CT molecular complexity index is 370. The standard InChI is InChI=1S/C8H11N3O3/c1-5(12)9-4-7-10-3-6(8(13)14)11(7)2/h3H,4H2,1-2H3,(H,9,12)(H,13,14). The number of aromatic carboxylic acids is 1. The molecule has 1 aromatic rings. The summed E-state index contributed by atoms with van der Waals surface area (Å²) < 4.78 is 1.43. The van der Waals surface area contributed by atoms with Gasteiger partial charge in [0.1, 0.15) is 11.5 Å². The smallest absolute Gasteiger partial charge is 0.354 e. The molecule has 0 fully saturated rings. The van der Waals surface area contributed by atoms with Gasteiger partial charge in [0, 0.05) is 14.0 Å². The Balaban J connectivity index is 2.79. The predicted octanol–water partition coefficient (Wildman–Crippen LogP) is -0.246. The van der Waals surface area contributed by atoms with E-state index in [1.165, 1.54) is 17.7 Å². The minimum Gasteiger partial charge on any atom is -0.477 e. The van der Waals surface area contributed by atoms with Gasteiger partial charge in [0.15, 0.2) is 0 Å². The fourth-order valence-corrected chi connectivity index (χ4v) is 1.01. The lowest BCUT2D eigenvalue weighted by molar-refractivity contribution is -0.119. The molecule has 76 valence electrons. The van der Waals surface area contributed by atoms with E-state index in [1.807, 2.05) is 0 Å².